The van der Waals surface area contributed by atoms with E-state index < -0.39 is 0 Å². The second-order valence-corrected chi connectivity index (χ2v) is 11.3. The first-order chi connectivity index (χ1) is 10.4. The Kier molecular flexibility index (Phi) is 1.44. The molecule has 7 unspecified atom stereocenters. The smallest absolute Gasteiger partial charge is 0.00624 e. The average molecular weight is 294 g/mol. The monoisotopic (exact) mass is 294 g/mol. The van der Waals surface area contributed by atoms with Crippen LogP contribution < -0.4 is 0 Å². The van der Waals surface area contributed by atoms with E-state index in [1.165, 1.54) is 19.3 Å². The zero-order chi connectivity index (χ0) is 15.0. The molecule has 4 bridgehead atoms. The quantitative estimate of drug-likeness (QED) is 0.571. The fourth-order valence-electron chi connectivity index (χ4n) is 11.5. The highest BCUT2D eigenvalue weighted by Crippen LogP contribution is 3.13. The van der Waals surface area contributed by atoms with Crippen LogP contribution in [0.4, 0.5) is 0 Å². The maximum absolute atomic E-state index is 2.74. The van der Waals surface area contributed by atoms with Crippen LogP contribution in [-0.4, -0.2) is 0 Å². The van der Waals surface area contributed by atoms with Crippen LogP contribution in [0.3, 0.4) is 0 Å². The van der Waals surface area contributed by atoms with E-state index in [2.05, 4.69) is 33.3 Å². The molecule has 7 saturated carbocycles. The van der Waals surface area contributed by atoms with Crippen molar-refractivity contribution in [3.63, 3.8) is 0 Å². The summed E-state index contributed by atoms with van der Waals surface area (Å²) in [4.78, 5) is 0. The Morgan fingerprint density at radius 3 is 2.64 bits per heavy atom. The van der Waals surface area contributed by atoms with Crippen LogP contribution in [0.5, 0.6) is 0 Å². The van der Waals surface area contributed by atoms with E-state index in [-0.39, 0.29) is 0 Å². The number of rotatable bonds is 2. The van der Waals surface area contributed by atoms with Crippen LogP contribution in [0, 0.1) is 44.3 Å². The molecule has 0 heteroatoms. The van der Waals surface area contributed by atoms with E-state index in [0.29, 0.717) is 16.2 Å². The predicted octanol–water partition coefficient (Wildman–Crippen LogP) is 5.73. The Hall–Kier alpha value is -0.260. The highest BCUT2D eigenvalue weighted by molar-refractivity contribution is 5.69. The van der Waals surface area contributed by atoms with E-state index in [1.807, 2.05) is 5.57 Å². The lowest BCUT2D eigenvalue weighted by atomic mass is 9.57. The first-order valence-electron chi connectivity index (χ1n) is 10.1. The van der Waals surface area contributed by atoms with Crippen molar-refractivity contribution in [3.8, 4) is 0 Å². The first kappa shape index (κ1) is 12.2. The van der Waals surface area contributed by atoms with Crippen LogP contribution in [0.25, 0.3) is 0 Å². The Bertz CT molecular complexity index is 716. The molecule has 0 aliphatic heterocycles. The first-order valence-corrected chi connectivity index (χ1v) is 10.1. The van der Waals surface area contributed by atoms with Crippen LogP contribution in [0.2, 0.25) is 0 Å². The van der Waals surface area contributed by atoms with Gasteiger partial charge < -0.3 is 0 Å². The van der Waals surface area contributed by atoms with Gasteiger partial charge in [0, 0.05) is 10.8 Å². The van der Waals surface area contributed by atoms with Crippen molar-refractivity contribution in [3.05, 3.63) is 11.1 Å². The van der Waals surface area contributed by atoms with Crippen molar-refractivity contribution in [1.29, 1.82) is 0 Å². The van der Waals surface area contributed by atoms with Crippen LogP contribution in [0.15, 0.2) is 11.1 Å². The van der Waals surface area contributed by atoms with E-state index in [4.69, 9.17) is 0 Å². The van der Waals surface area contributed by atoms with Gasteiger partial charge in [-0.05, 0) is 78.4 Å². The van der Waals surface area contributed by atoms with Gasteiger partial charge in [0.25, 0.3) is 0 Å². The number of fused-ring (bicyclic) bond motifs is 2. The normalized spacial score (nSPS) is 71.7. The van der Waals surface area contributed by atoms with Gasteiger partial charge >= 0.3 is 0 Å². The third-order valence-electron chi connectivity index (χ3n) is 11.6. The standard InChI is InChI=1S/C22H30/c1-5-13(2)19-9-8-17(3)11-18(4)10-14-6-7-21(18)16-20(19,15(14)19)12-22(16,17)21/h13,16H,5-12H2,1-4H3/t13?,16?,17?,18?,19?,20-,21?,22?/m1/s1. The van der Waals surface area contributed by atoms with Gasteiger partial charge in [-0.15, -0.1) is 0 Å². The molecule has 0 N–H and O–H groups in total. The molecule has 0 amide bonds. The third-order valence-corrected chi connectivity index (χ3v) is 11.6. The maximum Gasteiger partial charge on any atom is 0.00624 e. The van der Waals surface area contributed by atoms with Crippen molar-refractivity contribution in [2.24, 2.45) is 44.3 Å². The zero-order valence-electron chi connectivity index (χ0n) is 14.8. The lowest BCUT2D eigenvalue weighted by Gasteiger charge is -2.47. The van der Waals surface area contributed by atoms with Crippen LogP contribution in [-0.2, 0) is 0 Å². The topological polar surface area (TPSA) is 0 Å². The summed E-state index contributed by atoms with van der Waals surface area (Å²) < 4.78 is 0. The molecule has 118 valence electrons. The summed E-state index contributed by atoms with van der Waals surface area (Å²) in [5.41, 5.74) is 8.56. The molecule has 22 heavy (non-hydrogen) atoms. The van der Waals surface area contributed by atoms with E-state index in [9.17, 15) is 0 Å². The summed E-state index contributed by atoms with van der Waals surface area (Å²) in [5.74, 6) is 2.08. The SMILES string of the molecule is CCC(C)C12CCC3(C)CC4(C)CC5=C1[C@@]21CC32C1C42CC5. The maximum atomic E-state index is 2.74. The van der Waals surface area contributed by atoms with Gasteiger partial charge in [0.15, 0.2) is 0 Å². The summed E-state index contributed by atoms with van der Waals surface area (Å²) in [5, 5.41) is 0. The minimum atomic E-state index is 0.690. The molecule has 0 radical (unpaired) electrons. The van der Waals surface area contributed by atoms with E-state index >= 15 is 0 Å². The van der Waals surface area contributed by atoms with Gasteiger partial charge in [-0.1, -0.05) is 45.3 Å². The van der Waals surface area contributed by atoms with Gasteiger partial charge in [0.2, 0.25) is 0 Å². The molecule has 0 saturated heterocycles. The van der Waals surface area contributed by atoms with Crippen molar-refractivity contribution < 1.29 is 0 Å². The molecule has 0 aromatic rings. The highest BCUT2D eigenvalue weighted by Gasteiger charge is 3.08. The Morgan fingerprint density at radius 1 is 1.05 bits per heavy atom. The predicted molar refractivity (Wildman–Crippen MR) is 88.2 cm³/mol. The van der Waals surface area contributed by atoms with Crippen molar-refractivity contribution in [2.75, 3.05) is 0 Å². The largest absolute Gasteiger partial charge is 0.0692 e. The number of hydrogen-bond acceptors (Lipinski definition) is 0. The molecule has 9 aliphatic carbocycles. The zero-order valence-corrected chi connectivity index (χ0v) is 14.8. The summed E-state index contributed by atoms with van der Waals surface area (Å²) in [6.07, 6.45) is 12.3. The Balaban J connectivity index is 1.61. The summed E-state index contributed by atoms with van der Waals surface area (Å²) in [6.45, 7) is 10.5. The summed E-state index contributed by atoms with van der Waals surface area (Å²) >= 11 is 0. The molecule has 0 heterocycles. The second-order valence-electron chi connectivity index (χ2n) is 11.3. The van der Waals surface area contributed by atoms with Gasteiger partial charge in [-0.2, -0.15) is 0 Å². The van der Waals surface area contributed by atoms with Gasteiger partial charge in [-0.25, -0.2) is 0 Å². The molecule has 9 aliphatic rings. The molecular weight excluding hydrogens is 264 g/mol. The molecule has 9 rings (SSSR count). The fourth-order valence-corrected chi connectivity index (χ4v) is 11.5. The van der Waals surface area contributed by atoms with Crippen molar-refractivity contribution in [2.45, 2.75) is 79.1 Å². The second kappa shape index (κ2) is 2.60. The van der Waals surface area contributed by atoms with E-state index in [1.54, 1.807) is 32.1 Å². The van der Waals surface area contributed by atoms with Gasteiger partial charge in [0.05, 0.1) is 0 Å². The number of hydrogen-bond donors (Lipinski definition) is 0. The summed E-state index contributed by atoms with van der Waals surface area (Å²) in [7, 11) is 0. The Labute approximate surface area is 135 Å². The molecule has 0 aromatic heterocycles. The summed E-state index contributed by atoms with van der Waals surface area (Å²) in [6, 6.07) is 0. The number of allylic oxidation sites excluding steroid dienone is 2. The molecule has 7 fully saturated rings. The average Bonchev–Trinajstić information content (AvgIpc) is 3.22. The minimum absolute atomic E-state index is 0.690. The lowest BCUT2D eigenvalue weighted by molar-refractivity contribution is 0.0112. The Morgan fingerprint density at radius 2 is 1.86 bits per heavy atom. The van der Waals surface area contributed by atoms with Crippen molar-refractivity contribution in [1.82, 2.24) is 0 Å². The van der Waals surface area contributed by atoms with Gasteiger partial charge in [-0.3, -0.25) is 0 Å². The van der Waals surface area contributed by atoms with Crippen LogP contribution in [0.1, 0.15) is 79.1 Å². The molecule has 8 atom stereocenters. The molecule has 0 nitrogen and oxygen atoms in total. The molecular formula is C22H30. The van der Waals surface area contributed by atoms with E-state index in [0.717, 1.165) is 28.1 Å². The molecule has 3 spiro atoms. The highest BCUT2D eigenvalue weighted by atomic mass is 15.1. The molecule has 0 aromatic carbocycles. The van der Waals surface area contributed by atoms with Gasteiger partial charge in [0.1, 0.15) is 0 Å². The third kappa shape index (κ3) is 0.644. The van der Waals surface area contributed by atoms with Crippen molar-refractivity contribution >= 4 is 0 Å². The lowest BCUT2D eigenvalue weighted by Crippen LogP contribution is -2.41. The van der Waals surface area contributed by atoms with Crippen LogP contribution >= 0.6 is 0 Å². The minimum Gasteiger partial charge on any atom is -0.0692 e. The fraction of sp³-hybridized carbons (Fsp3) is 0.909.